The van der Waals surface area contributed by atoms with Gasteiger partial charge in [0.1, 0.15) is 6.10 Å². The molecule has 198 valence electrons. The van der Waals surface area contributed by atoms with E-state index in [-0.39, 0.29) is 24.5 Å². The minimum Gasteiger partial charge on any atom is -0.458 e. The first-order valence-electron chi connectivity index (χ1n) is 12.2. The molecule has 2 unspecified atom stereocenters. The van der Waals surface area contributed by atoms with Gasteiger partial charge in [-0.05, 0) is 43.0 Å². The summed E-state index contributed by atoms with van der Waals surface area (Å²) in [5.74, 6) is -1.26. The fourth-order valence-electron chi connectivity index (χ4n) is 3.91. The van der Waals surface area contributed by atoms with E-state index in [1.54, 1.807) is 24.3 Å². The SMILES string of the molecule is CC(=O)OC1[C@H](C)C(C)O[C@H](OCCCCCCNC(=O)c2ccc(CN=[N+]=[N-])cc2)[C@H]1OC(C)=O. The molecule has 5 atom stereocenters. The fraction of sp³-hybridized carbons (Fsp3) is 0.640. The highest BCUT2D eigenvalue weighted by Gasteiger charge is 2.47. The van der Waals surface area contributed by atoms with Crippen LogP contribution in [0.4, 0.5) is 0 Å². The number of carbonyl (C=O) groups excluding carboxylic acids is 3. The van der Waals surface area contributed by atoms with Crippen molar-refractivity contribution in [3.8, 4) is 0 Å². The Bertz CT molecular complexity index is 917. The highest BCUT2D eigenvalue weighted by Crippen LogP contribution is 2.31. The van der Waals surface area contributed by atoms with Gasteiger partial charge in [0, 0.05) is 43.4 Å². The summed E-state index contributed by atoms with van der Waals surface area (Å²) in [5, 5.41) is 6.39. The number of ether oxygens (including phenoxy) is 4. The van der Waals surface area contributed by atoms with E-state index in [1.807, 2.05) is 13.8 Å². The van der Waals surface area contributed by atoms with E-state index in [0.717, 1.165) is 31.2 Å². The molecule has 11 nitrogen and oxygen atoms in total. The monoisotopic (exact) mass is 504 g/mol. The second-order valence-corrected chi connectivity index (χ2v) is 8.84. The number of nitrogens with one attached hydrogen (secondary N) is 1. The van der Waals surface area contributed by atoms with Gasteiger partial charge in [0.15, 0.2) is 12.4 Å². The highest BCUT2D eigenvalue weighted by atomic mass is 16.7. The number of rotatable bonds is 13. The molecule has 1 aliphatic rings. The molecule has 0 bridgehead atoms. The first-order chi connectivity index (χ1) is 17.2. The van der Waals surface area contributed by atoms with Crippen LogP contribution in [0.1, 0.15) is 69.3 Å². The molecule has 36 heavy (non-hydrogen) atoms. The molecule has 1 aromatic carbocycles. The van der Waals surface area contributed by atoms with E-state index in [2.05, 4.69) is 15.3 Å². The summed E-state index contributed by atoms with van der Waals surface area (Å²) in [6.07, 6.45) is 0.825. The predicted octanol–water partition coefficient (Wildman–Crippen LogP) is 4.05. The van der Waals surface area contributed by atoms with Gasteiger partial charge in [-0.1, -0.05) is 37.0 Å². The van der Waals surface area contributed by atoms with E-state index < -0.39 is 30.4 Å². The Morgan fingerprint density at radius 3 is 2.28 bits per heavy atom. The lowest BCUT2D eigenvalue weighted by molar-refractivity contribution is -0.287. The molecular formula is C25H36N4O7. The van der Waals surface area contributed by atoms with Crippen LogP contribution < -0.4 is 5.32 Å². The van der Waals surface area contributed by atoms with Crippen molar-refractivity contribution in [2.75, 3.05) is 13.2 Å². The third-order valence-electron chi connectivity index (χ3n) is 5.98. The molecule has 0 saturated carbocycles. The zero-order valence-corrected chi connectivity index (χ0v) is 21.3. The van der Waals surface area contributed by atoms with Crippen LogP contribution in [0, 0.1) is 5.92 Å². The molecule has 2 rings (SSSR count). The smallest absolute Gasteiger partial charge is 0.303 e. The molecule has 1 fully saturated rings. The second kappa shape index (κ2) is 15.1. The van der Waals surface area contributed by atoms with Gasteiger partial charge in [0.2, 0.25) is 0 Å². The van der Waals surface area contributed by atoms with Crippen LogP contribution in [0.5, 0.6) is 0 Å². The van der Waals surface area contributed by atoms with Crippen molar-refractivity contribution >= 4 is 17.8 Å². The molecule has 1 aromatic rings. The number of benzene rings is 1. The third-order valence-corrected chi connectivity index (χ3v) is 5.98. The van der Waals surface area contributed by atoms with Crippen molar-refractivity contribution in [3.05, 3.63) is 45.8 Å². The number of hydrogen-bond donors (Lipinski definition) is 1. The topological polar surface area (TPSA) is 149 Å². The number of hydrogen-bond acceptors (Lipinski definition) is 8. The predicted molar refractivity (Wildman–Crippen MR) is 131 cm³/mol. The van der Waals surface area contributed by atoms with Gasteiger partial charge in [-0.15, -0.1) is 0 Å². The first kappa shape index (κ1) is 29.1. The van der Waals surface area contributed by atoms with Crippen molar-refractivity contribution in [2.24, 2.45) is 11.0 Å². The zero-order chi connectivity index (χ0) is 26.5. The van der Waals surface area contributed by atoms with Gasteiger partial charge in [-0.3, -0.25) is 14.4 Å². The highest BCUT2D eigenvalue weighted by molar-refractivity contribution is 5.94. The largest absolute Gasteiger partial charge is 0.458 e. The number of carbonyl (C=O) groups is 3. The van der Waals surface area contributed by atoms with Crippen LogP contribution in [0.25, 0.3) is 10.4 Å². The van der Waals surface area contributed by atoms with E-state index in [1.165, 1.54) is 13.8 Å². The van der Waals surface area contributed by atoms with Crippen molar-refractivity contribution < 1.29 is 33.3 Å². The summed E-state index contributed by atoms with van der Waals surface area (Å²) >= 11 is 0. The molecular weight excluding hydrogens is 468 g/mol. The fourth-order valence-corrected chi connectivity index (χ4v) is 3.91. The van der Waals surface area contributed by atoms with Crippen LogP contribution >= 0.6 is 0 Å². The van der Waals surface area contributed by atoms with Crippen molar-refractivity contribution in [3.63, 3.8) is 0 Å². The molecule has 1 amide bonds. The van der Waals surface area contributed by atoms with Gasteiger partial charge in [-0.25, -0.2) is 0 Å². The summed E-state index contributed by atoms with van der Waals surface area (Å²) in [6, 6.07) is 6.95. The molecule has 1 N–H and O–H groups in total. The third kappa shape index (κ3) is 9.49. The maximum Gasteiger partial charge on any atom is 0.303 e. The summed E-state index contributed by atoms with van der Waals surface area (Å²) < 4.78 is 22.6. The maximum absolute atomic E-state index is 12.2. The average Bonchev–Trinajstić information content (AvgIpc) is 2.84. The Morgan fingerprint density at radius 1 is 1.00 bits per heavy atom. The van der Waals surface area contributed by atoms with Gasteiger partial charge in [0.25, 0.3) is 5.91 Å². The Kier molecular flexibility index (Phi) is 12.2. The van der Waals surface area contributed by atoms with Gasteiger partial charge in [0.05, 0.1) is 12.6 Å². The molecule has 0 aromatic heterocycles. The molecule has 0 radical (unpaired) electrons. The van der Waals surface area contributed by atoms with Crippen LogP contribution in [0.3, 0.4) is 0 Å². The van der Waals surface area contributed by atoms with E-state index >= 15 is 0 Å². The van der Waals surface area contributed by atoms with E-state index in [4.69, 9.17) is 24.5 Å². The minimum absolute atomic E-state index is 0.148. The number of amides is 1. The number of unbranched alkanes of at least 4 members (excludes halogenated alkanes) is 3. The molecule has 11 heteroatoms. The van der Waals surface area contributed by atoms with Crippen molar-refractivity contribution in [1.29, 1.82) is 0 Å². The quantitative estimate of drug-likeness (QED) is 0.140. The Morgan fingerprint density at radius 2 is 1.64 bits per heavy atom. The number of azide groups is 1. The summed E-state index contributed by atoms with van der Waals surface area (Å²) in [4.78, 5) is 38.2. The Labute approximate surface area is 211 Å². The van der Waals surface area contributed by atoms with Crippen LogP contribution in [-0.4, -0.2) is 55.6 Å². The summed E-state index contributed by atoms with van der Waals surface area (Å²) in [6.45, 7) is 7.57. The molecule has 0 spiro atoms. The van der Waals surface area contributed by atoms with Crippen molar-refractivity contribution in [2.45, 2.75) is 84.5 Å². The Hall–Kier alpha value is -3.14. The maximum atomic E-state index is 12.2. The summed E-state index contributed by atoms with van der Waals surface area (Å²) in [7, 11) is 0. The lowest BCUT2D eigenvalue weighted by Gasteiger charge is -2.43. The number of nitrogens with zero attached hydrogens (tertiary/aromatic N) is 3. The molecule has 1 heterocycles. The van der Waals surface area contributed by atoms with Crippen LogP contribution in [-0.2, 0) is 35.1 Å². The molecule has 1 aliphatic heterocycles. The van der Waals surface area contributed by atoms with Gasteiger partial charge >= 0.3 is 11.9 Å². The zero-order valence-electron chi connectivity index (χ0n) is 21.3. The van der Waals surface area contributed by atoms with Crippen LogP contribution in [0.15, 0.2) is 29.4 Å². The minimum atomic E-state index is -0.832. The Balaban J connectivity index is 1.69. The van der Waals surface area contributed by atoms with Crippen molar-refractivity contribution in [1.82, 2.24) is 5.32 Å². The van der Waals surface area contributed by atoms with E-state index in [9.17, 15) is 14.4 Å². The summed E-state index contributed by atoms with van der Waals surface area (Å²) in [5.41, 5.74) is 9.76. The molecule has 1 saturated heterocycles. The van der Waals surface area contributed by atoms with E-state index in [0.29, 0.717) is 18.7 Å². The first-order valence-corrected chi connectivity index (χ1v) is 12.2. The average molecular weight is 505 g/mol. The van der Waals surface area contributed by atoms with Gasteiger partial charge < -0.3 is 24.3 Å². The standard InChI is InChI=1S/C25H36N4O7/c1-16-17(2)34-25(23(36-19(4)31)22(16)35-18(3)30)33-14-8-6-5-7-13-27-24(32)21-11-9-20(10-12-21)15-28-29-26/h9-12,16-17,22-23,25H,5-8,13-15H2,1-4H3,(H,27,32)/t16-,17?,22?,23+,25+/m1/s1. The van der Waals surface area contributed by atoms with Crippen LogP contribution in [0.2, 0.25) is 0 Å². The normalized spacial score (nSPS) is 23.3. The second-order valence-electron chi connectivity index (χ2n) is 8.84. The lowest BCUT2D eigenvalue weighted by atomic mass is 9.91. The number of esters is 2. The molecule has 0 aliphatic carbocycles. The lowest BCUT2D eigenvalue weighted by Crippen LogP contribution is -2.56. The van der Waals surface area contributed by atoms with Gasteiger partial charge in [-0.2, -0.15) is 0 Å².